The number of rotatable bonds is 3. The standard InChI is InChI=1S/C20H25BrFN3O2/c1-20(2,3)27-19(26)25-11-5-4-6-15(25)12-16-23-17(18(21)24-16)13-7-9-14(22)10-8-13/h7-10,15H,4-6,11-12H2,1-3H3,(H,23,24). The zero-order valence-corrected chi connectivity index (χ0v) is 17.5. The van der Waals surface area contributed by atoms with Gasteiger partial charge in [-0.15, -0.1) is 0 Å². The van der Waals surface area contributed by atoms with Crippen molar-refractivity contribution in [3.63, 3.8) is 0 Å². The summed E-state index contributed by atoms with van der Waals surface area (Å²) in [4.78, 5) is 22.3. The van der Waals surface area contributed by atoms with E-state index in [1.807, 2.05) is 25.7 Å². The van der Waals surface area contributed by atoms with Crippen molar-refractivity contribution in [3.05, 3.63) is 40.5 Å². The second kappa shape index (κ2) is 8.00. The Morgan fingerprint density at radius 3 is 2.70 bits per heavy atom. The summed E-state index contributed by atoms with van der Waals surface area (Å²) < 4.78 is 19.5. The number of likely N-dealkylation sites (tertiary alicyclic amines) is 1. The number of aromatic nitrogens is 2. The summed E-state index contributed by atoms with van der Waals surface area (Å²) in [5, 5.41) is 0. The molecule has 0 bridgehead atoms. The van der Waals surface area contributed by atoms with Gasteiger partial charge in [-0.2, -0.15) is 0 Å². The average molecular weight is 438 g/mol. The number of benzene rings is 1. The van der Waals surface area contributed by atoms with Crippen LogP contribution in [0, 0.1) is 5.82 Å². The first-order valence-corrected chi connectivity index (χ1v) is 10.0. The second-order valence-electron chi connectivity index (χ2n) is 7.88. The fourth-order valence-corrected chi connectivity index (χ4v) is 3.84. The Balaban J connectivity index is 1.76. The van der Waals surface area contributed by atoms with E-state index in [1.165, 1.54) is 12.1 Å². The summed E-state index contributed by atoms with van der Waals surface area (Å²) in [5.41, 5.74) is 1.06. The minimum Gasteiger partial charge on any atom is -0.444 e. The van der Waals surface area contributed by atoms with Crippen molar-refractivity contribution in [1.82, 2.24) is 14.9 Å². The lowest BCUT2D eigenvalue weighted by Crippen LogP contribution is -2.47. The van der Waals surface area contributed by atoms with Gasteiger partial charge in [0.15, 0.2) is 0 Å². The number of H-pyrrole nitrogens is 1. The van der Waals surface area contributed by atoms with Crippen LogP contribution in [0.15, 0.2) is 28.9 Å². The molecule has 0 spiro atoms. The molecule has 0 radical (unpaired) electrons. The molecule has 1 unspecified atom stereocenters. The number of hydrogen-bond acceptors (Lipinski definition) is 3. The Labute approximate surface area is 167 Å². The van der Waals surface area contributed by atoms with Crippen molar-refractivity contribution in [3.8, 4) is 11.3 Å². The number of piperidine rings is 1. The lowest BCUT2D eigenvalue weighted by molar-refractivity contribution is 0.00976. The Bertz CT molecular complexity index is 799. The maximum atomic E-state index is 13.2. The Morgan fingerprint density at radius 2 is 2.04 bits per heavy atom. The van der Waals surface area contributed by atoms with Gasteiger partial charge in [0, 0.05) is 24.6 Å². The van der Waals surface area contributed by atoms with Gasteiger partial charge in [-0.1, -0.05) is 0 Å². The Kier molecular flexibility index (Phi) is 5.89. The number of nitrogens with zero attached hydrogens (tertiary/aromatic N) is 2. The molecule has 2 aromatic rings. The minimum absolute atomic E-state index is 0.0488. The molecule has 1 fully saturated rings. The number of aromatic amines is 1. The maximum Gasteiger partial charge on any atom is 0.410 e. The van der Waals surface area contributed by atoms with Crippen molar-refractivity contribution in [2.24, 2.45) is 0 Å². The molecule has 0 aliphatic carbocycles. The number of imidazole rings is 1. The topological polar surface area (TPSA) is 58.2 Å². The molecule has 1 aliphatic rings. The number of hydrogen-bond donors (Lipinski definition) is 1. The lowest BCUT2D eigenvalue weighted by Gasteiger charge is -2.36. The first kappa shape index (κ1) is 19.9. The van der Waals surface area contributed by atoms with E-state index in [0.717, 1.165) is 40.9 Å². The van der Waals surface area contributed by atoms with E-state index in [4.69, 9.17) is 4.74 Å². The zero-order valence-electron chi connectivity index (χ0n) is 15.9. The number of nitrogens with one attached hydrogen (secondary N) is 1. The average Bonchev–Trinajstić information content (AvgIpc) is 2.95. The van der Waals surface area contributed by atoms with Crippen LogP contribution in [-0.4, -0.2) is 39.1 Å². The zero-order chi connectivity index (χ0) is 19.6. The summed E-state index contributed by atoms with van der Waals surface area (Å²) >= 11 is 3.50. The van der Waals surface area contributed by atoms with E-state index in [0.29, 0.717) is 13.0 Å². The highest BCUT2D eigenvalue weighted by Crippen LogP contribution is 2.28. The van der Waals surface area contributed by atoms with Gasteiger partial charge < -0.3 is 14.6 Å². The van der Waals surface area contributed by atoms with Crippen LogP contribution in [-0.2, 0) is 11.2 Å². The van der Waals surface area contributed by atoms with Gasteiger partial charge in [0.1, 0.15) is 27.5 Å². The van der Waals surface area contributed by atoms with Crippen LogP contribution in [0.5, 0.6) is 0 Å². The number of amides is 1. The largest absolute Gasteiger partial charge is 0.444 e. The molecule has 27 heavy (non-hydrogen) atoms. The molecule has 1 aromatic heterocycles. The van der Waals surface area contributed by atoms with Gasteiger partial charge in [-0.05, 0) is 80.2 Å². The molecule has 1 aliphatic heterocycles. The molecule has 1 saturated heterocycles. The third-order valence-corrected chi connectivity index (χ3v) is 5.08. The third-order valence-electron chi connectivity index (χ3n) is 4.51. The fraction of sp³-hybridized carbons (Fsp3) is 0.500. The van der Waals surface area contributed by atoms with E-state index in [-0.39, 0.29) is 18.0 Å². The number of carbonyl (C=O) groups excluding carboxylic acids is 1. The van der Waals surface area contributed by atoms with Gasteiger partial charge in [-0.25, -0.2) is 14.2 Å². The summed E-state index contributed by atoms with van der Waals surface area (Å²) in [7, 11) is 0. The van der Waals surface area contributed by atoms with Crippen molar-refractivity contribution in [2.45, 2.75) is 58.1 Å². The van der Waals surface area contributed by atoms with Crippen molar-refractivity contribution >= 4 is 22.0 Å². The number of halogens is 2. The maximum absolute atomic E-state index is 13.2. The molecule has 1 aromatic carbocycles. The van der Waals surface area contributed by atoms with Gasteiger partial charge in [0.2, 0.25) is 0 Å². The summed E-state index contributed by atoms with van der Waals surface area (Å²) in [5.74, 6) is 0.516. The Hall–Kier alpha value is -1.89. The third kappa shape index (κ3) is 5.09. The molecule has 1 amide bonds. The van der Waals surface area contributed by atoms with E-state index in [9.17, 15) is 9.18 Å². The van der Waals surface area contributed by atoms with Crippen molar-refractivity contribution < 1.29 is 13.9 Å². The minimum atomic E-state index is -0.511. The van der Waals surface area contributed by atoms with Gasteiger partial charge in [0.05, 0.1) is 0 Å². The van der Waals surface area contributed by atoms with Crippen molar-refractivity contribution in [2.75, 3.05) is 6.54 Å². The molecule has 2 heterocycles. The SMILES string of the molecule is CC(C)(C)OC(=O)N1CCCCC1Cc1nc(-c2ccc(F)cc2)c(Br)[nH]1. The molecule has 3 rings (SSSR count). The van der Waals surface area contributed by atoms with E-state index in [2.05, 4.69) is 25.9 Å². The quantitative estimate of drug-likeness (QED) is 0.707. The molecular formula is C20H25BrFN3O2. The van der Waals surface area contributed by atoms with Crippen LogP contribution < -0.4 is 0 Å². The predicted molar refractivity (Wildman–Crippen MR) is 106 cm³/mol. The van der Waals surface area contributed by atoms with Gasteiger partial charge in [-0.3, -0.25) is 0 Å². The summed E-state index contributed by atoms with van der Waals surface area (Å²) in [6.07, 6.45) is 3.34. The highest BCUT2D eigenvalue weighted by molar-refractivity contribution is 9.10. The summed E-state index contributed by atoms with van der Waals surface area (Å²) in [6.45, 7) is 6.33. The van der Waals surface area contributed by atoms with Crippen LogP contribution in [0.2, 0.25) is 0 Å². The normalized spacial score (nSPS) is 17.8. The Morgan fingerprint density at radius 1 is 1.33 bits per heavy atom. The summed E-state index contributed by atoms with van der Waals surface area (Å²) in [6, 6.07) is 6.29. The molecule has 1 N–H and O–H groups in total. The van der Waals surface area contributed by atoms with E-state index >= 15 is 0 Å². The van der Waals surface area contributed by atoms with Crippen LogP contribution in [0.1, 0.15) is 45.9 Å². The molecule has 146 valence electrons. The number of ether oxygens (including phenoxy) is 1. The smallest absolute Gasteiger partial charge is 0.410 e. The van der Waals surface area contributed by atoms with E-state index in [1.54, 1.807) is 12.1 Å². The van der Waals surface area contributed by atoms with Gasteiger partial charge in [0.25, 0.3) is 0 Å². The predicted octanol–water partition coefficient (Wildman–Crippen LogP) is 5.31. The van der Waals surface area contributed by atoms with Crippen LogP contribution in [0.3, 0.4) is 0 Å². The molecule has 7 heteroatoms. The van der Waals surface area contributed by atoms with Crippen LogP contribution in [0.25, 0.3) is 11.3 Å². The monoisotopic (exact) mass is 437 g/mol. The highest BCUT2D eigenvalue weighted by atomic mass is 79.9. The van der Waals surface area contributed by atoms with Gasteiger partial charge >= 0.3 is 6.09 Å². The van der Waals surface area contributed by atoms with Crippen LogP contribution >= 0.6 is 15.9 Å². The second-order valence-corrected chi connectivity index (χ2v) is 8.67. The fourth-order valence-electron chi connectivity index (χ4n) is 3.29. The van der Waals surface area contributed by atoms with Crippen LogP contribution in [0.4, 0.5) is 9.18 Å². The highest BCUT2D eigenvalue weighted by Gasteiger charge is 2.31. The molecule has 1 atom stereocenters. The first-order chi connectivity index (χ1) is 12.7. The molecule has 5 nitrogen and oxygen atoms in total. The number of carbonyl (C=O) groups is 1. The molecular weight excluding hydrogens is 413 g/mol. The molecule has 0 saturated carbocycles. The lowest BCUT2D eigenvalue weighted by atomic mass is 9.99. The van der Waals surface area contributed by atoms with E-state index < -0.39 is 5.60 Å². The van der Waals surface area contributed by atoms with Crippen molar-refractivity contribution in [1.29, 1.82) is 0 Å². The first-order valence-electron chi connectivity index (χ1n) is 9.23.